The maximum Gasteiger partial charge on any atom is 0.260 e. The Morgan fingerprint density at radius 1 is 1.45 bits per heavy atom. The second kappa shape index (κ2) is 7.60. The van der Waals surface area contributed by atoms with E-state index < -0.39 is 0 Å². The van der Waals surface area contributed by atoms with E-state index >= 15 is 0 Å². The molecule has 7 nitrogen and oxygen atoms in total. The Bertz CT molecular complexity index is 1120. The highest BCUT2D eigenvalue weighted by molar-refractivity contribution is 7.99. The lowest BCUT2D eigenvalue weighted by atomic mass is 9.72. The zero-order chi connectivity index (χ0) is 20.8. The summed E-state index contributed by atoms with van der Waals surface area (Å²) in [5.41, 5.74) is 1.30. The van der Waals surface area contributed by atoms with Crippen LogP contribution in [-0.4, -0.2) is 26.8 Å². The average Bonchev–Trinajstić information content (AvgIpc) is 3.21. The molecule has 3 aromatic heterocycles. The van der Waals surface area contributed by atoms with Gasteiger partial charge in [0.2, 0.25) is 5.91 Å². The summed E-state index contributed by atoms with van der Waals surface area (Å²) in [7, 11) is 0. The lowest BCUT2D eigenvalue weighted by Crippen LogP contribution is -2.26. The number of hydrogen-bond acceptors (Lipinski definition) is 7. The lowest BCUT2D eigenvalue weighted by molar-refractivity contribution is -0.113. The van der Waals surface area contributed by atoms with Gasteiger partial charge in [-0.15, -0.1) is 11.3 Å². The standard InChI is InChI=1S/C20H24N4O3S2/c1-10-7-14(24-27-10)21-15(25)9-28-19-22-17(26)16-12-6-5-11(20(2,3)4)8-13(12)29-18(16)23-19/h7,11H,5-6,8-9H2,1-4H3,(H,21,24,25)(H,22,23,26)/t11-/m1/s1. The minimum atomic E-state index is -0.232. The summed E-state index contributed by atoms with van der Waals surface area (Å²) in [6, 6.07) is 1.65. The molecule has 9 heteroatoms. The van der Waals surface area contributed by atoms with E-state index in [2.05, 4.69) is 41.2 Å². The van der Waals surface area contributed by atoms with Crippen LogP contribution >= 0.6 is 23.1 Å². The van der Waals surface area contributed by atoms with Crippen LogP contribution in [0.4, 0.5) is 5.82 Å². The van der Waals surface area contributed by atoms with Crippen molar-refractivity contribution in [3.05, 3.63) is 32.6 Å². The number of aromatic amines is 1. The predicted octanol–water partition coefficient (Wildman–Crippen LogP) is 4.16. The molecular formula is C20H24N4O3S2. The molecule has 1 aliphatic carbocycles. The predicted molar refractivity (Wildman–Crippen MR) is 116 cm³/mol. The van der Waals surface area contributed by atoms with E-state index in [1.54, 1.807) is 24.3 Å². The Balaban J connectivity index is 1.51. The van der Waals surface area contributed by atoms with Gasteiger partial charge < -0.3 is 14.8 Å². The van der Waals surface area contributed by atoms with E-state index in [0.717, 1.165) is 35.0 Å². The first kappa shape index (κ1) is 20.2. The van der Waals surface area contributed by atoms with Gasteiger partial charge in [-0.05, 0) is 43.1 Å². The Morgan fingerprint density at radius 2 is 2.24 bits per heavy atom. The molecule has 29 heavy (non-hydrogen) atoms. The first-order chi connectivity index (χ1) is 13.7. The second-order valence-electron chi connectivity index (χ2n) is 8.52. The smallest absolute Gasteiger partial charge is 0.260 e. The van der Waals surface area contributed by atoms with Gasteiger partial charge in [0.05, 0.1) is 11.1 Å². The number of aryl methyl sites for hydroxylation is 2. The fourth-order valence-electron chi connectivity index (χ4n) is 3.71. The molecule has 1 atom stereocenters. The summed E-state index contributed by atoms with van der Waals surface area (Å²) in [6.45, 7) is 8.59. The molecule has 0 bridgehead atoms. The fraction of sp³-hybridized carbons (Fsp3) is 0.500. The molecule has 0 radical (unpaired) electrons. The highest BCUT2D eigenvalue weighted by atomic mass is 32.2. The number of carbonyl (C=O) groups is 1. The largest absolute Gasteiger partial charge is 0.360 e. The molecule has 0 spiro atoms. The summed E-state index contributed by atoms with van der Waals surface area (Å²) < 4.78 is 4.93. The van der Waals surface area contributed by atoms with Crippen molar-refractivity contribution in [3.8, 4) is 0 Å². The number of H-pyrrole nitrogens is 1. The minimum absolute atomic E-state index is 0.114. The van der Waals surface area contributed by atoms with E-state index in [9.17, 15) is 9.59 Å². The maximum atomic E-state index is 12.7. The van der Waals surface area contributed by atoms with Crippen molar-refractivity contribution in [1.82, 2.24) is 15.1 Å². The number of nitrogens with one attached hydrogen (secondary N) is 2. The second-order valence-corrected chi connectivity index (χ2v) is 10.6. The third kappa shape index (κ3) is 4.25. The summed E-state index contributed by atoms with van der Waals surface area (Å²) in [4.78, 5) is 34.3. The van der Waals surface area contributed by atoms with Crippen LogP contribution in [0.2, 0.25) is 0 Å². The van der Waals surface area contributed by atoms with Crippen molar-refractivity contribution >= 4 is 45.0 Å². The van der Waals surface area contributed by atoms with Gasteiger partial charge >= 0.3 is 0 Å². The van der Waals surface area contributed by atoms with Crippen molar-refractivity contribution in [1.29, 1.82) is 0 Å². The van der Waals surface area contributed by atoms with Gasteiger partial charge in [-0.2, -0.15) is 0 Å². The van der Waals surface area contributed by atoms with E-state index in [1.807, 2.05) is 0 Å². The third-order valence-electron chi connectivity index (χ3n) is 5.36. The van der Waals surface area contributed by atoms with Gasteiger partial charge in [-0.25, -0.2) is 4.98 Å². The Morgan fingerprint density at radius 3 is 2.93 bits per heavy atom. The molecule has 4 rings (SSSR count). The lowest BCUT2D eigenvalue weighted by Gasteiger charge is -2.33. The monoisotopic (exact) mass is 432 g/mol. The average molecular weight is 433 g/mol. The normalized spacial score (nSPS) is 16.8. The van der Waals surface area contributed by atoms with Crippen molar-refractivity contribution in [2.45, 2.75) is 52.1 Å². The number of aromatic nitrogens is 3. The van der Waals surface area contributed by atoms with Crippen LogP contribution in [0, 0.1) is 18.3 Å². The van der Waals surface area contributed by atoms with E-state index in [-0.39, 0.29) is 22.6 Å². The molecular weight excluding hydrogens is 408 g/mol. The Kier molecular flexibility index (Phi) is 5.29. The van der Waals surface area contributed by atoms with Crippen LogP contribution in [-0.2, 0) is 17.6 Å². The van der Waals surface area contributed by atoms with Crippen molar-refractivity contribution in [3.63, 3.8) is 0 Å². The minimum Gasteiger partial charge on any atom is -0.360 e. The Labute approximate surface area is 176 Å². The summed E-state index contributed by atoms with van der Waals surface area (Å²) >= 11 is 2.82. The molecule has 0 unspecified atom stereocenters. The third-order valence-corrected chi connectivity index (χ3v) is 7.38. The summed E-state index contributed by atoms with van der Waals surface area (Å²) in [5.74, 6) is 1.51. The molecule has 3 heterocycles. The molecule has 0 aromatic carbocycles. The van der Waals surface area contributed by atoms with Gasteiger partial charge in [0, 0.05) is 10.9 Å². The van der Waals surface area contributed by atoms with Crippen LogP contribution in [0.25, 0.3) is 10.2 Å². The summed E-state index contributed by atoms with van der Waals surface area (Å²) in [5, 5.41) is 7.58. The SMILES string of the molecule is Cc1cc(NC(=O)CSc2nc3sc4c(c3c(=O)[nH]2)CC[C@@H](C(C)(C)C)C4)no1. The first-order valence-electron chi connectivity index (χ1n) is 9.61. The number of carbonyl (C=O) groups excluding carboxylic acids is 1. The Hall–Kier alpha value is -2.13. The van der Waals surface area contributed by atoms with Crippen LogP contribution < -0.4 is 10.9 Å². The number of anilines is 1. The molecule has 1 aliphatic rings. The van der Waals surface area contributed by atoms with Crippen molar-refractivity contribution < 1.29 is 9.32 Å². The number of amides is 1. The van der Waals surface area contributed by atoms with E-state index in [0.29, 0.717) is 22.7 Å². The number of fused-ring (bicyclic) bond motifs is 3. The zero-order valence-electron chi connectivity index (χ0n) is 16.9. The number of nitrogens with zero attached hydrogens (tertiary/aromatic N) is 2. The number of rotatable bonds is 4. The molecule has 2 N–H and O–H groups in total. The van der Waals surface area contributed by atoms with E-state index in [1.165, 1.54) is 16.6 Å². The van der Waals surface area contributed by atoms with E-state index in [4.69, 9.17) is 4.52 Å². The van der Waals surface area contributed by atoms with Crippen LogP contribution in [0.3, 0.4) is 0 Å². The number of thioether (sulfide) groups is 1. The maximum absolute atomic E-state index is 12.7. The highest BCUT2D eigenvalue weighted by Crippen LogP contribution is 2.42. The summed E-state index contributed by atoms with van der Waals surface area (Å²) in [6.07, 6.45) is 3.02. The first-order valence-corrected chi connectivity index (χ1v) is 11.4. The quantitative estimate of drug-likeness (QED) is 0.474. The number of thiophene rings is 1. The van der Waals surface area contributed by atoms with Crippen LogP contribution in [0.1, 0.15) is 43.4 Å². The van der Waals surface area contributed by atoms with Crippen LogP contribution in [0.5, 0.6) is 0 Å². The molecule has 154 valence electrons. The van der Waals surface area contributed by atoms with Crippen molar-refractivity contribution in [2.75, 3.05) is 11.1 Å². The van der Waals surface area contributed by atoms with Gasteiger partial charge in [-0.3, -0.25) is 9.59 Å². The fourth-order valence-corrected chi connectivity index (χ4v) is 5.73. The molecule has 1 amide bonds. The van der Waals surface area contributed by atoms with Gasteiger partial charge in [0.15, 0.2) is 11.0 Å². The topological polar surface area (TPSA) is 101 Å². The zero-order valence-corrected chi connectivity index (χ0v) is 18.6. The van der Waals surface area contributed by atoms with Gasteiger partial charge in [0.25, 0.3) is 5.56 Å². The highest BCUT2D eigenvalue weighted by Gasteiger charge is 2.31. The molecule has 0 saturated heterocycles. The molecule has 0 saturated carbocycles. The molecule has 0 fully saturated rings. The van der Waals surface area contributed by atoms with Gasteiger partial charge in [0.1, 0.15) is 10.6 Å². The van der Waals surface area contributed by atoms with Gasteiger partial charge in [-0.1, -0.05) is 37.7 Å². The molecule has 3 aromatic rings. The number of hydrogen-bond donors (Lipinski definition) is 2. The van der Waals surface area contributed by atoms with Crippen molar-refractivity contribution in [2.24, 2.45) is 11.3 Å². The molecule has 0 aliphatic heterocycles. The van der Waals surface area contributed by atoms with Crippen LogP contribution in [0.15, 0.2) is 20.5 Å².